The van der Waals surface area contributed by atoms with Gasteiger partial charge >= 0.3 is 0 Å². The predicted octanol–water partition coefficient (Wildman–Crippen LogP) is 2.05. The number of rotatable bonds is 4. The third-order valence-electron chi connectivity index (χ3n) is 1.03. The van der Waals surface area contributed by atoms with Crippen LogP contribution in [0.25, 0.3) is 0 Å². The van der Waals surface area contributed by atoms with Crippen molar-refractivity contribution in [2.45, 2.75) is 46.7 Å². The first-order valence-corrected chi connectivity index (χ1v) is 4.41. The van der Waals surface area contributed by atoms with Crippen molar-refractivity contribution in [1.82, 2.24) is 5.32 Å². The fourth-order valence-electron chi connectivity index (χ4n) is 0.867. The highest BCUT2D eigenvalue weighted by Crippen LogP contribution is 1.85. The van der Waals surface area contributed by atoms with Gasteiger partial charge in [-0.3, -0.25) is 0 Å². The fourth-order valence-corrected chi connectivity index (χ4v) is 0.867. The van der Waals surface area contributed by atoms with Gasteiger partial charge < -0.3 is 10.1 Å². The van der Waals surface area contributed by atoms with E-state index >= 15 is 0 Å². The molecule has 0 aromatic carbocycles. The van der Waals surface area contributed by atoms with Gasteiger partial charge in [0.2, 0.25) is 0 Å². The van der Waals surface area contributed by atoms with Crippen molar-refractivity contribution in [1.29, 1.82) is 0 Å². The van der Waals surface area contributed by atoms with Crippen LogP contribution >= 0.6 is 0 Å². The van der Waals surface area contributed by atoms with Gasteiger partial charge in [-0.15, -0.1) is 0 Å². The Morgan fingerprint density at radius 3 is 1.91 bits per heavy atom. The largest absolute Gasteiger partial charge is 0.383 e. The quantitative estimate of drug-likeness (QED) is 0.681. The summed E-state index contributed by atoms with van der Waals surface area (Å²) in [5.74, 6) is 0. The molecule has 1 N–H and O–H groups in total. The SMILES string of the molecule is CC.COCC(C)NC(C)C. The average Bonchev–Trinajstić information content (AvgIpc) is 1.91. The standard InChI is InChI=1S/C7H17NO.C2H6/c1-6(2)8-7(3)5-9-4;1-2/h6-8H,5H2,1-4H3;1-2H3. The second-order valence-corrected chi connectivity index (χ2v) is 2.68. The minimum absolute atomic E-state index is 0.468. The molecular weight excluding hydrogens is 138 g/mol. The summed E-state index contributed by atoms with van der Waals surface area (Å²) in [6, 6.07) is 1.02. The van der Waals surface area contributed by atoms with E-state index in [2.05, 4.69) is 26.1 Å². The Kier molecular flexibility index (Phi) is 12.2. The number of ether oxygens (including phenoxy) is 1. The Morgan fingerprint density at radius 1 is 1.18 bits per heavy atom. The molecule has 0 saturated carbocycles. The molecule has 0 aliphatic carbocycles. The summed E-state index contributed by atoms with van der Waals surface area (Å²) in [5.41, 5.74) is 0. The smallest absolute Gasteiger partial charge is 0.0613 e. The second kappa shape index (κ2) is 9.92. The first-order chi connectivity index (χ1) is 5.16. The summed E-state index contributed by atoms with van der Waals surface area (Å²) in [4.78, 5) is 0. The molecule has 0 heterocycles. The number of hydrogen-bond donors (Lipinski definition) is 1. The van der Waals surface area contributed by atoms with Crippen molar-refractivity contribution in [2.24, 2.45) is 0 Å². The molecular formula is C9H23NO. The van der Waals surface area contributed by atoms with E-state index in [1.807, 2.05) is 13.8 Å². The Morgan fingerprint density at radius 2 is 1.64 bits per heavy atom. The highest BCUT2D eigenvalue weighted by Gasteiger charge is 2.00. The maximum Gasteiger partial charge on any atom is 0.0613 e. The van der Waals surface area contributed by atoms with Crippen molar-refractivity contribution >= 4 is 0 Å². The minimum atomic E-state index is 0.468. The van der Waals surface area contributed by atoms with Gasteiger partial charge in [0, 0.05) is 19.2 Å². The lowest BCUT2D eigenvalue weighted by molar-refractivity contribution is 0.168. The van der Waals surface area contributed by atoms with E-state index in [0.29, 0.717) is 12.1 Å². The summed E-state index contributed by atoms with van der Waals surface area (Å²) >= 11 is 0. The monoisotopic (exact) mass is 161 g/mol. The molecule has 0 aromatic heterocycles. The summed E-state index contributed by atoms with van der Waals surface area (Å²) in [7, 11) is 1.72. The average molecular weight is 161 g/mol. The van der Waals surface area contributed by atoms with Crippen LogP contribution in [0, 0.1) is 0 Å². The van der Waals surface area contributed by atoms with Crippen LogP contribution in [-0.4, -0.2) is 25.8 Å². The van der Waals surface area contributed by atoms with Crippen LogP contribution in [0.2, 0.25) is 0 Å². The van der Waals surface area contributed by atoms with Crippen LogP contribution in [0.15, 0.2) is 0 Å². The molecule has 1 unspecified atom stereocenters. The van der Waals surface area contributed by atoms with Gasteiger partial charge in [-0.05, 0) is 6.92 Å². The van der Waals surface area contributed by atoms with Crippen LogP contribution in [0.5, 0.6) is 0 Å². The first-order valence-electron chi connectivity index (χ1n) is 4.41. The summed E-state index contributed by atoms with van der Waals surface area (Å²) in [6.07, 6.45) is 0. The highest BCUT2D eigenvalue weighted by molar-refractivity contribution is 4.61. The first kappa shape index (κ1) is 13.5. The molecule has 0 spiro atoms. The van der Waals surface area contributed by atoms with Crippen LogP contribution < -0.4 is 5.32 Å². The zero-order chi connectivity index (χ0) is 9.28. The molecule has 0 radical (unpaired) electrons. The van der Waals surface area contributed by atoms with Gasteiger partial charge in [0.25, 0.3) is 0 Å². The van der Waals surface area contributed by atoms with Gasteiger partial charge in [-0.25, -0.2) is 0 Å². The van der Waals surface area contributed by atoms with Crippen LogP contribution in [0.4, 0.5) is 0 Å². The predicted molar refractivity (Wildman–Crippen MR) is 51.0 cm³/mol. The maximum absolute atomic E-state index is 4.94. The van der Waals surface area contributed by atoms with Crippen molar-refractivity contribution in [2.75, 3.05) is 13.7 Å². The van der Waals surface area contributed by atoms with Crippen molar-refractivity contribution in [3.63, 3.8) is 0 Å². The maximum atomic E-state index is 4.94. The Bertz CT molecular complexity index is 64.6. The molecule has 11 heavy (non-hydrogen) atoms. The lowest BCUT2D eigenvalue weighted by Gasteiger charge is -2.14. The summed E-state index contributed by atoms with van der Waals surface area (Å²) in [5, 5.41) is 3.32. The molecule has 0 aliphatic heterocycles. The van der Waals surface area contributed by atoms with Crippen LogP contribution in [0.1, 0.15) is 34.6 Å². The second-order valence-electron chi connectivity index (χ2n) is 2.68. The number of hydrogen-bond acceptors (Lipinski definition) is 2. The van der Waals surface area contributed by atoms with Crippen LogP contribution in [-0.2, 0) is 4.74 Å². The normalized spacial score (nSPS) is 12.3. The van der Waals surface area contributed by atoms with Gasteiger partial charge in [0.05, 0.1) is 6.61 Å². The van der Waals surface area contributed by atoms with E-state index in [1.165, 1.54) is 0 Å². The molecule has 70 valence electrons. The molecule has 2 heteroatoms. The number of methoxy groups -OCH3 is 1. The van der Waals surface area contributed by atoms with E-state index in [9.17, 15) is 0 Å². The fraction of sp³-hybridized carbons (Fsp3) is 1.00. The molecule has 0 bridgehead atoms. The van der Waals surface area contributed by atoms with Gasteiger partial charge in [-0.1, -0.05) is 27.7 Å². The highest BCUT2D eigenvalue weighted by atomic mass is 16.5. The molecule has 0 amide bonds. The third kappa shape index (κ3) is 13.0. The molecule has 0 saturated heterocycles. The topological polar surface area (TPSA) is 21.3 Å². The molecule has 0 fully saturated rings. The van der Waals surface area contributed by atoms with E-state index in [0.717, 1.165) is 6.61 Å². The molecule has 0 rings (SSSR count). The van der Waals surface area contributed by atoms with Crippen molar-refractivity contribution in [3.8, 4) is 0 Å². The van der Waals surface area contributed by atoms with E-state index < -0.39 is 0 Å². The van der Waals surface area contributed by atoms with E-state index in [4.69, 9.17) is 4.74 Å². The Hall–Kier alpha value is -0.0800. The zero-order valence-electron chi connectivity index (χ0n) is 8.77. The van der Waals surface area contributed by atoms with Gasteiger partial charge in [0.15, 0.2) is 0 Å². The summed E-state index contributed by atoms with van der Waals surface area (Å²) < 4.78 is 4.94. The van der Waals surface area contributed by atoms with Gasteiger partial charge in [0.1, 0.15) is 0 Å². The lowest BCUT2D eigenvalue weighted by Crippen LogP contribution is -2.35. The van der Waals surface area contributed by atoms with Crippen molar-refractivity contribution in [3.05, 3.63) is 0 Å². The van der Waals surface area contributed by atoms with Gasteiger partial charge in [-0.2, -0.15) is 0 Å². The Balaban J connectivity index is 0. The van der Waals surface area contributed by atoms with E-state index in [-0.39, 0.29) is 0 Å². The van der Waals surface area contributed by atoms with E-state index in [1.54, 1.807) is 7.11 Å². The number of nitrogens with one attached hydrogen (secondary N) is 1. The third-order valence-corrected chi connectivity index (χ3v) is 1.03. The summed E-state index contributed by atoms with van der Waals surface area (Å²) in [6.45, 7) is 11.2. The molecule has 0 aromatic rings. The zero-order valence-corrected chi connectivity index (χ0v) is 8.77. The molecule has 1 atom stereocenters. The van der Waals surface area contributed by atoms with Crippen molar-refractivity contribution < 1.29 is 4.74 Å². The van der Waals surface area contributed by atoms with Crippen LogP contribution in [0.3, 0.4) is 0 Å². The minimum Gasteiger partial charge on any atom is -0.383 e. The molecule has 2 nitrogen and oxygen atoms in total. The lowest BCUT2D eigenvalue weighted by atomic mass is 10.3. The Labute approximate surface area is 71.3 Å². The molecule has 0 aliphatic rings.